The van der Waals surface area contributed by atoms with Crippen LogP contribution in [0.2, 0.25) is 0 Å². The Hall–Kier alpha value is -1.12. The fourth-order valence-corrected chi connectivity index (χ4v) is 2.17. The van der Waals surface area contributed by atoms with Crippen molar-refractivity contribution in [2.75, 3.05) is 0 Å². The first kappa shape index (κ1) is 9.44. The number of H-pyrrole nitrogens is 1. The Morgan fingerprint density at radius 1 is 1.29 bits per heavy atom. The van der Waals surface area contributed by atoms with Crippen molar-refractivity contribution in [3.8, 4) is 0 Å². The minimum atomic E-state index is -0.114. The first-order valence-electron chi connectivity index (χ1n) is 5.39. The molecule has 0 spiro atoms. The average molecular weight is 192 g/mol. The minimum Gasteiger partial charge on any atom is -0.268 e. The topological polar surface area (TPSA) is 45.8 Å². The van der Waals surface area contributed by atoms with Gasteiger partial charge in [-0.25, -0.2) is 5.10 Å². The van der Waals surface area contributed by atoms with Gasteiger partial charge >= 0.3 is 0 Å². The van der Waals surface area contributed by atoms with Gasteiger partial charge in [0.25, 0.3) is 5.56 Å². The van der Waals surface area contributed by atoms with E-state index < -0.39 is 0 Å². The number of aromatic amines is 1. The van der Waals surface area contributed by atoms with Gasteiger partial charge < -0.3 is 0 Å². The van der Waals surface area contributed by atoms with Crippen LogP contribution in [-0.4, -0.2) is 10.2 Å². The average Bonchev–Trinajstić information content (AvgIpc) is 2.23. The van der Waals surface area contributed by atoms with Gasteiger partial charge in [-0.2, -0.15) is 5.10 Å². The van der Waals surface area contributed by atoms with E-state index in [1.165, 1.54) is 32.1 Å². The van der Waals surface area contributed by atoms with E-state index in [0.717, 1.165) is 18.0 Å². The SMILES string of the molecule is O=c1ccc(CC2CCCCC2)n[nH]1. The summed E-state index contributed by atoms with van der Waals surface area (Å²) in [5, 5.41) is 6.52. The van der Waals surface area contributed by atoms with Crippen LogP contribution in [0.5, 0.6) is 0 Å². The summed E-state index contributed by atoms with van der Waals surface area (Å²) in [6, 6.07) is 3.40. The van der Waals surface area contributed by atoms with E-state index in [-0.39, 0.29) is 5.56 Å². The summed E-state index contributed by atoms with van der Waals surface area (Å²) in [5.41, 5.74) is 0.911. The Morgan fingerprint density at radius 2 is 2.07 bits per heavy atom. The summed E-state index contributed by atoms with van der Waals surface area (Å²) in [4.78, 5) is 10.8. The Bertz CT molecular complexity index is 319. The lowest BCUT2D eigenvalue weighted by atomic mass is 9.86. The molecule has 1 aromatic rings. The highest BCUT2D eigenvalue weighted by Crippen LogP contribution is 2.25. The van der Waals surface area contributed by atoms with Crippen molar-refractivity contribution in [3.05, 3.63) is 28.2 Å². The molecule has 0 amide bonds. The van der Waals surface area contributed by atoms with Gasteiger partial charge in [0, 0.05) is 6.07 Å². The highest BCUT2D eigenvalue weighted by Gasteiger charge is 2.14. The van der Waals surface area contributed by atoms with Crippen molar-refractivity contribution in [2.24, 2.45) is 5.92 Å². The monoisotopic (exact) mass is 192 g/mol. The molecule has 14 heavy (non-hydrogen) atoms. The number of nitrogens with one attached hydrogen (secondary N) is 1. The number of rotatable bonds is 2. The van der Waals surface area contributed by atoms with E-state index in [1.807, 2.05) is 6.07 Å². The van der Waals surface area contributed by atoms with Crippen LogP contribution in [0.25, 0.3) is 0 Å². The molecule has 1 aliphatic rings. The molecule has 3 heteroatoms. The molecular formula is C11H16N2O. The van der Waals surface area contributed by atoms with E-state index in [1.54, 1.807) is 6.07 Å². The van der Waals surface area contributed by atoms with Crippen molar-refractivity contribution in [2.45, 2.75) is 38.5 Å². The van der Waals surface area contributed by atoms with Crippen molar-refractivity contribution >= 4 is 0 Å². The fraction of sp³-hybridized carbons (Fsp3) is 0.636. The van der Waals surface area contributed by atoms with Crippen LogP contribution < -0.4 is 5.56 Å². The van der Waals surface area contributed by atoms with E-state index in [2.05, 4.69) is 10.2 Å². The van der Waals surface area contributed by atoms with Crippen LogP contribution in [0.4, 0.5) is 0 Å². The van der Waals surface area contributed by atoms with E-state index in [9.17, 15) is 4.79 Å². The van der Waals surface area contributed by atoms with Crippen molar-refractivity contribution in [1.29, 1.82) is 0 Å². The van der Waals surface area contributed by atoms with Gasteiger partial charge in [-0.05, 0) is 18.4 Å². The normalized spacial score (nSPS) is 18.3. The molecule has 1 aromatic heterocycles. The lowest BCUT2D eigenvalue weighted by Crippen LogP contribution is -2.13. The van der Waals surface area contributed by atoms with Crippen LogP contribution in [0.1, 0.15) is 37.8 Å². The Labute approximate surface area is 83.5 Å². The molecule has 0 unspecified atom stereocenters. The summed E-state index contributed by atoms with van der Waals surface area (Å²) in [6.07, 6.45) is 7.76. The van der Waals surface area contributed by atoms with Crippen LogP contribution in [-0.2, 0) is 6.42 Å². The fourth-order valence-electron chi connectivity index (χ4n) is 2.17. The quantitative estimate of drug-likeness (QED) is 0.777. The van der Waals surface area contributed by atoms with Gasteiger partial charge in [0.05, 0.1) is 5.69 Å². The molecule has 1 aliphatic carbocycles. The second-order valence-electron chi connectivity index (χ2n) is 4.12. The molecule has 2 rings (SSSR count). The first-order valence-corrected chi connectivity index (χ1v) is 5.39. The second-order valence-corrected chi connectivity index (χ2v) is 4.12. The molecule has 3 nitrogen and oxygen atoms in total. The molecule has 76 valence electrons. The minimum absolute atomic E-state index is 0.114. The maximum atomic E-state index is 10.8. The zero-order valence-corrected chi connectivity index (χ0v) is 8.33. The molecule has 1 fully saturated rings. The molecule has 0 bridgehead atoms. The lowest BCUT2D eigenvalue weighted by molar-refractivity contribution is 0.353. The van der Waals surface area contributed by atoms with Gasteiger partial charge in [0.15, 0.2) is 0 Å². The highest BCUT2D eigenvalue weighted by atomic mass is 16.1. The number of hydrogen-bond donors (Lipinski definition) is 1. The third kappa shape index (κ3) is 2.44. The second kappa shape index (κ2) is 4.40. The largest absolute Gasteiger partial charge is 0.268 e. The smallest absolute Gasteiger partial charge is 0.264 e. The van der Waals surface area contributed by atoms with E-state index in [0.29, 0.717) is 0 Å². The van der Waals surface area contributed by atoms with E-state index >= 15 is 0 Å². The van der Waals surface area contributed by atoms with Gasteiger partial charge in [-0.15, -0.1) is 0 Å². The zero-order chi connectivity index (χ0) is 9.80. The van der Waals surface area contributed by atoms with Crippen LogP contribution >= 0.6 is 0 Å². The molecule has 1 N–H and O–H groups in total. The summed E-state index contributed by atoms with van der Waals surface area (Å²) in [6.45, 7) is 0. The zero-order valence-electron chi connectivity index (χ0n) is 8.33. The summed E-state index contributed by atoms with van der Waals surface area (Å²) >= 11 is 0. The molecule has 0 saturated heterocycles. The lowest BCUT2D eigenvalue weighted by Gasteiger charge is -2.20. The third-order valence-corrected chi connectivity index (χ3v) is 2.96. The molecule has 0 radical (unpaired) electrons. The molecule has 0 aromatic carbocycles. The van der Waals surface area contributed by atoms with Crippen LogP contribution in [0, 0.1) is 5.92 Å². The van der Waals surface area contributed by atoms with Gasteiger partial charge in [-0.1, -0.05) is 32.1 Å². The van der Waals surface area contributed by atoms with Crippen LogP contribution in [0.3, 0.4) is 0 Å². The highest BCUT2D eigenvalue weighted by molar-refractivity contribution is 5.00. The van der Waals surface area contributed by atoms with Crippen molar-refractivity contribution in [1.82, 2.24) is 10.2 Å². The third-order valence-electron chi connectivity index (χ3n) is 2.96. The molecule has 1 saturated carbocycles. The maximum absolute atomic E-state index is 10.8. The first-order chi connectivity index (χ1) is 6.84. The number of aromatic nitrogens is 2. The predicted molar refractivity (Wildman–Crippen MR) is 55.1 cm³/mol. The molecule has 1 heterocycles. The van der Waals surface area contributed by atoms with Crippen LogP contribution in [0.15, 0.2) is 16.9 Å². The molecule has 0 aliphatic heterocycles. The molecular weight excluding hydrogens is 176 g/mol. The summed E-state index contributed by atoms with van der Waals surface area (Å²) < 4.78 is 0. The number of hydrogen-bond acceptors (Lipinski definition) is 2. The van der Waals surface area contributed by atoms with Gasteiger partial charge in [-0.3, -0.25) is 4.79 Å². The Morgan fingerprint density at radius 3 is 2.71 bits per heavy atom. The van der Waals surface area contributed by atoms with Crippen molar-refractivity contribution < 1.29 is 0 Å². The maximum Gasteiger partial charge on any atom is 0.264 e. The Balaban J connectivity index is 1.96. The van der Waals surface area contributed by atoms with Crippen molar-refractivity contribution in [3.63, 3.8) is 0 Å². The van der Waals surface area contributed by atoms with Gasteiger partial charge in [0.1, 0.15) is 0 Å². The van der Waals surface area contributed by atoms with Gasteiger partial charge in [0.2, 0.25) is 0 Å². The summed E-state index contributed by atoms with van der Waals surface area (Å²) in [7, 11) is 0. The Kier molecular flexibility index (Phi) is 2.96. The number of nitrogens with zero attached hydrogens (tertiary/aromatic N) is 1. The summed E-state index contributed by atoms with van der Waals surface area (Å²) in [5.74, 6) is 0.780. The standard InChI is InChI=1S/C11H16N2O/c14-11-7-6-10(12-13-11)8-9-4-2-1-3-5-9/h6-7,9H,1-5,8H2,(H,13,14). The molecule has 0 atom stereocenters. The predicted octanol–water partition coefficient (Wildman–Crippen LogP) is 1.89. The van der Waals surface area contributed by atoms with E-state index in [4.69, 9.17) is 0 Å².